The van der Waals surface area contributed by atoms with E-state index < -0.39 is 39.4 Å². The molecule has 0 saturated carbocycles. The van der Waals surface area contributed by atoms with Crippen molar-refractivity contribution in [1.82, 2.24) is 0 Å². The van der Waals surface area contributed by atoms with Crippen molar-refractivity contribution >= 4 is 27.0 Å². The Kier molecular flexibility index (Phi) is 9.08. The van der Waals surface area contributed by atoms with Crippen molar-refractivity contribution < 1.29 is 62.0 Å². The second-order valence-electron chi connectivity index (χ2n) is 5.53. The van der Waals surface area contributed by atoms with Crippen LogP contribution in [0.3, 0.4) is 0 Å². The number of hydrogen-bond acceptors (Lipinski definition) is 5. The molecule has 0 heterocycles. The molecule has 0 bridgehead atoms. The Labute approximate surface area is 173 Å². The summed E-state index contributed by atoms with van der Waals surface area (Å²) in [6, 6.07) is 7.52. The lowest BCUT2D eigenvalue weighted by molar-refractivity contribution is -0.382. The summed E-state index contributed by atoms with van der Waals surface area (Å²) in [5.41, 5.74) is 0. The Morgan fingerprint density at radius 1 is 0.968 bits per heavy atom. The number of carbonyl (C=O) groups excluding carboxylic acids is 1. The highest BCUT2D eigenvalue weighted by atomic mass is 32.2. The number of halogens is 9. The van der Waals surface area contributed by atoms with E-state index in [1.165, 1.54) is 4.90 Å². The molecule has 0 spiro atoms. The van der Waals surface area contributed by atoms with Gasteiger partial charge in [-0.15, -0.1) is 0 Å². The molecule has 5 nitrogen and oxygen atoms in total. The maximum atomic E-state index is 12.2. The third-order valence-corrected chi connectivity index (χ3v) is 5.21. The number of alkyl halides is 9. The molecule has 0 N–H and O–H groups in total. The molecule has 0 aliphatic rings. The van der Waals surface area contributed by atoms with E-state index in [2.05, 4.69) is 19.1 Å². The van der Waals surface area contributed by atoms with E-state index in [9.17, 15) is 57.3 Å². The molecule has 0 aromatic heterocycles. The fraction of sp³-hybridized carbons (Fsp3) is 0.400. The number of esters is 1. The molecule has 0 fully saturated rings. The van der Waals surface area contributed by atoms with E-state index >= 15 is 0 Å². The molecule has 16 heteroatoms. The number of carbonyl (C=O) groups is 1. The van der Waals surface area contributed by atoms with Crippen LogP contribution >= 0.6 is 0 Å². The van der Waals surface area contributed by atoms with Crippen molar-refractivity contribution in [2.45, 2.75) is 28.2 Å². The molecule has 31 heavy (non-hydrogen) atoms. The molecule has 0 aliphatic carbocycles. The minimum absolute atomic E-state index is 0.238. The monoisotopic (exact) mass is 508 g/mol. The molecule has 0 radical (unpaired) electrons. The van der Waals surface area contributed by atoms with Crippen molar-refractivity contribution in [1.29, 1.82) is 0 Å². The molecule has 0 amide bonds. The SMILES string of the molecule is C=CC(=O)Oc1ccc([S+](C)C)cc1.O=S(=O)([O-])C(F)(F)C(F)(F)C(F)(F)C(F)(F)F. The second kappa shape index (κ2) is 9.68. The van der Waals surface area contributed by atoms with Crippen LogP contribution in [0.1, 0.15) is 0 Å². The Balaban J connectivity index is 0.000000590. The Hall–Kier alpha value is -1.94. The zero-order chi connectivity index (χ0) is 25.1. The molecule has 178 valence electrons. The predicted molar refractivity (Wildman–Crippen MR) is 90.3 cm³/mol. The average molecular weight is 508 g/mol. The van der Waals surface area contributed by atoms with Gasteiger partial charge in [-0.05, 0) is 24.3 Å². The van der Waals surface area contributed by atoms with Gasteiger partial charge in [-0.2, -0.15) is 39.5 Å². The van der Waals surface area contributed by atoms with Crippen LogP contribution in [0.15, 0.2) is 41.8 Å². The number of rotatable bonds is 6. The molecule has 0 unspecified atom stereocenters. The van der Waals surface area contributed by atoms with E-state index in [4.69, 9.17) is 4.74 Å². The lowest BCUT2D eigenvalue weighted by Crippen LogP contribution is -2.63. The third kappa shape index (κ3) is 6.52. The summed E-state index contributed by atoms with van der Waals surface area (Å²) in [5, 5.41) is -7.11. The fourth-order valence-corrected chi connectivity index (χ4v) is 2.58. The van der Waals surface area contributed by atoms with E-state index in [0.29, 0.717) is 5.75 Å². The van der Waals surface area contributed by atoms with Crippen molar-refractivity contribution in [3.05, 3.63) is 36.9 Å². The molecule has 1 aromatic rings. The fourth-order valence-electron chi connectivity index (χ4n) is 1.46. The number of benzene rings is 1. The normalized spacial score (nSPS) is 13.3. The van der Waals surface area contributed by atoms with Crippen LogP contribution in [-0.4, -0.2) is 54.7 Å². The largest absolute Gasteiger partial charge is 0.743 e. The summed E-state index contributed by atoms with van der Waals surface area (Å²) in [4.78, 5) is 12.1. The minimum atomic E-state index is -7.43. The third-order valence-electron chi connectivity index (χ3n) is 3.11. The van der Waals surface area contributed by atoms with Crippen LogP contribution in [0.4, 0.5) is 39.5 Å². The lowest BCUT2D eigenvalue weighted by atomic mass is 10.1. The van der Waals surface area contributed by atoms with Gasteiger partial charge in [0.15, 0.2) is 15.0 Å². The van der Waals surface area contributed by atoms with Crippen molar-refractivity contribution in [3.63, 3.8) is 0 Å². The highest BCUT2D eigenvalue weighted by Gasteiger charge is 2.83. The molecule has 0 saturated heterocycles. The lowest BCUT2D eigenvalue weighted by Gasteiger charge is -2.34. The van der Waals surface area contributed by atoms with E-state index in [0.717, 1.165) is 6.08 Å². The van der Waals surface area contributed by atoms with Gasteiger partial charge in [-0.3, -0.25) is 0 Å². The van der Waals surface area contributed by atoms with Gasteiger partial charge < -0.3 is 9.29 Å². The molecule has 0 atom stereocenters. The zero-order valence-electron chi connectivity index (χ0n) is 15.4. The summed E-state index contributed by atoms with van der Waals surface area (Å²) >= 11 is 0. The first-order chi connectivity index (χ1) is 13.6. The Morgan fingerprint density at radius 3 is 1.68 bits per heavy atom. The van der Waals surface area contributed by atoms with Gasteiger partial charge in [0.1, 0.15) is 18.3 Å². The Bertz CT molecular complexity index is 879. The van der Waals surface area contributed by atoms with Crippen LogP contribution in [0.2, 0.25) is 0 Å². The molecule has 0 aliphatic heterocycles. The van der Waals surface area contributed by atoms with E-state index in [1.807, 2.05) is 12.1 Å². The van der Waals surface area contributed by atoms with Gasteiger partial charge in [-0.25, -0.2) is 13.2 Å². The average Bonchev–Trinajstić information content (AvgIpc) is 2.60. The van der Waals surface area contributed by atoms with Crippen LogP contribution in [0, 0.1) is 0 Å². The molecular formula is C15H13F9O5S2. The summed E-state index contributed by atoms with van der Waals surface area (Å²) in [5.74, 6) is -14.7. The first-order valence-corrected chi connectivity index (χ1v) is 10.8. The van der Waals surface area contributed by atoms with Gasteiger partial charge in [0.25, 0.3) is 0 Å². The first-order valence-electron chi connectivity index (χ1n) is 7.31. The van der Waals surface area contributed by atoms with Crippen LogP contribution in [-0.2, 0) is 25.8 Å². The number of ether oxygens (including phenoxy) is 1. The van der Waals surface area contributed by atoms with Crippen LogP contribution in [0.25, 0.3) is 0 Å². The standard InChI is InChI=1S/C11H13O2S.C4HF9O3S/c1-4-11(12)13-9-5-7-10(8-6-9)14(2)3;5-1(6,3(9,10)11)2(7,8)4(12,13)17(14,15)16/h4-8H,1H2,2-3H3;(H,14,15,16)/q+1;/p-1. The molecule has 1 aromatic carbocycles. The maximum absolute atomic E-state index is 12.2. The Morgan fingerprint density at radius 2 is 1.39 bits per heavy atom. The van der Waals surface area contributed by atoms with Crippen LogP contribution in [0.5, 0.6) is 5.75 Å². The summed E-state index contributed by atoms with van der Waals surface area (Å²) in [6.45, 7) is 3.33. The minimum Gasteiger partial charge on any atom is -0.743 e. The van der Waals surface area contributed by atoms with Crippen molar-refractivity contribution in [2.24, 2.45) is 0 Å². The van der Waals surface area contributed by atoms with Gasteiger partial charge in [-0.1, -0.05) is 6.58 Å². The zero-order valence-corrected chi connectivity index (χ0v) is 17.0. The van der Waals surface area contributed by atoms with Crippen LogP contribution < -0.4 is 4.74 Å². The van der Waals surface area contributed by atoms with Crippen molar-refractivity contribution in [3.8, 4) is 5.75 Å². The van der Waals surface area contributed by atoms with Gasteiger partial charge in [0.05, 0.1) is 0 Å². The number of hydrogen-bond donors (Lipinski definition) is 0. The maximum Gasteiger partial charge on any atom is 0.460 e. The van der Waals surface area contributed by atoms with E-state index in [-0.39, 0.29) is 10.9 Å². The summed E-state index contributed by atoms with van der Waals surface area (Å²) in [6.07, 6.45) is -1.72. The molecular weight excluding hydrogens is 495 g/mol. The smallest absolute Gasteiger partial charge is 0.460 e. The van der Waals surface area contributed by atoms with Gasteiger partial charge >= 0.3 is 29.2 Å². The highest BCUT2D eigenvalue weighted by Crippen LogP contribution is 2.54. The summed E-state index contributed by atoms with van der Waals surface area (Å²) in [7, 11) is -7.18. The predicted octanol–water partition coefficient (Wildman–Crippen LogP) is 3.97. The first kappa shape index (κ1) is 29.1. The van der Waals surface area contributed by atoms with Crippen molar-refractivity contribution in [2.75, 3.05) is 12.5 Å². The van der Waals surface area contributed by atoms with Gasteiger partial charge in [0.2, 0.25) is 0 Å². The molecule has 1 rings (SSSR count). The quantitative estimate of drug-likeness (QED) is 0.145. The topological polar surface area (TPSA) is 83.5 Å². The van der Waals surface area contributed by atoms with Gasteiger partial charge in [0, 0.05) is 17.0 Å². The summed E-state index contributed by atoms with van der Waals surface area (Å²) < 4.78 is 140. The van der Waals surface area contributed by atoms with E-state index in [1.54, 1.807) is 12.1 Å². The highest BCUT2D eigenvalue weighted by molar-refractivity contribution is 7.95. The second-order valence-corrected chi connectivity index (χ2v) is 9.06.